The van der Waals surface area contributed by atoms with Gasteiger partial charge in [0.2, 0.25) is 11.8 Å². The summed E-state index contributed by atoms with van der Waals surface area (Å²) in [7, 11) is 0. The minimum absolute atomic E-state index is 0.0553. The van der Waals surface area contributed by atoms with Gasteiger partial charge in [-0.25, -0.2) is 9.97 Å². The van der Waals surface area contributed by atoms with E-state index < -0.39 is 13.2 Å². The lowest BCUT2D eigenvalue weighted by Crippen LogP contribution is -2.05. The largest absolute Gasteiger partial charge is 0.485 e. The average molecular weight is 693 g/mol. The van der Waals surface area contributed by atoms with Crippen molar-refractivity contribution in [1.29, 1.82) is 0 Å². The smallest absolute Gasteiger partial charge is 0.387 e. The van der Waals surface area contributed by atoms with Crippen molar-refractivity contribution in [2.24, 2.45) is 11.5 Å². The van der Waals surface area contributed by atoms with Crippen molar-refractivity contribution >= 4 is 0 Å². The van der Waals surface area contributed by atoms with Crippen LogP contribution >= 0.6 is 0 Å². The summed E-state index contributed by atoms with van der Waals surface area (Å²) in [5, 5.41) is 0. The lowest BCUT2D eigenvalue weighted by Gasteiger charge is -2.13. The Morgan fingerprint density at radius 1 is 0.540 bits per heavy atom. The quantitative estimate of drug-likeness (QED) is 0.108. The monoisotopic (exact) mass is 692 g/mol. The molecular formula is C36H32F4N4O6. The number of hydrogen-bond acceptors (Lipinski definition) is 10. The minimum Gasteiger partial charge on any atom is -0.485 e. The van der Waals surface area contributed by atoms with E-state index in [0.717, 1.165) is 11.1 Å². The van der Waals surface area contributed by atoms with Crippen LogP contribution in [0.3, 0.4) is 0 Å². The van der Waals surface area contributed by atoms with E-state index in [-0.39, 0.29) is 49.3 Å². The molecule has 0 spiro atoms. The zero-order valence-corrected chi connectivity index (χ0v) is 26.4. The summed E-state index contributed by atoms with van der Waals surface area (Å²) in [6.07, 6.45) is 2.90. The molecule has 50 heavy (non-hydrogen) atoms. The summed E-state index contributed by atoms with van der Waals surface area (Å²) in [4.78, 5) is 8.43. The Labute approximate surface area is 284 Å². The molecule has 6 aromatic rings. The van der Waals surface area contributed by atoms with Crippen LogP contribution in [-0.2, 0) is 26.3 Å². The molecule has 0 radical (unpaired) electrons. The third-order valence-corrected chi connectivity index (χ3v) is 6.81. The van der Waals surface area contributed by atoms with Crippen LogP contribution in [-0.4, -0.2) is 23.2 Å². The maximum absolute atomic E-state index is 12.6. The molecule has 4 aromatic carbocycles. The number of benzene rings is 4. The molecule has 6 rings (SSSR count). The Balaban J connectivity index is 0.000000194. The predicted octanol–water partition coefficient (Wildman–Crippen LogP) is 7.96. The zero-order chi connectivity index (χ0) is 35.3. The highest BCUT2D eigenvalue weighted by atomic mass is 19.3. The van der Waals surface area contributed by atoms with Gasteiger partial charge in [0.05, 0.1) is 11.4 Å². The number of nitrogens with zero attached hydrogens (tertiary/aromatic N) is 2. The molecule has 0 aliphatic carbocycles. The van der Waals surface area contributed by atoms with Crippen LogP contribution in [0.15, 0.2) is 118 Å². The van der Waals surface area contributed by atoms with Crippen molar-refractivity contribution in [2.45, 2.75) is 39.5 Å². The number of rotatable bonds is 14. The van der Waals surface area contributed by atoms with E-state index in [2.05, 4.69) is 19.4 Å². The maximum Gasteiger partial charge on any atom is 0.387 e. The lowest BCUT2D eigenvalue weighted by molar-refractivity contribution is -0.0522. The molecule has 0 bridgehead atoms. The topological polar surface area (TPSA) is 141 Å². The Bertz CT molecular complexity index is 1780. The second-order valence-corrected chi connectivity index (χ2v) is 10.3. The molecule has 10 nitrogen and oxygen atoms in total. The van der Waals surface area contributed by atoms with Crippen molar-refractivity contribution < 1.29 is 45.3 Å². The molecule has 0 saturated carbocycles. The van der Waals surface area contributed by atoms with Gasteiger partial charge < -0.3 is 39.2 Å². The SMILES string of the molecule is NCc1coc(-c2ccc(OC(F)F)c(OCc3ccccc3)c2)n1.NCc1coc(-c2ccc(OC(F)F)c(OCc3ccccc3)c2)n1. The van der Waals surface area contributed by atoms with Gasteiger partial charge in [-0.05, 0) is 47.5 Å². The highest BCUT2D eigenvalue weighted by molar-refractivity contribution is 5.61. The van der Waals surface area contributed by atoms with Crippen LogP contribution in [0, 0.1) is 0 Å². The Morgan fingerprint density at radius 2 is 0.940 bits per heavy atom. The van der Waals surface area contributed by atoms with Crippen LogP contribution in [0.25, 0.3) is 22.9 Å². The molecule has 4 N–H and O–H groups in total. The first kappa shape index (κ1) is 35.4. The number of alkyl halides is 4. The molecule has 0 aliphatic rings. The second kappa shape index (κ2) is 17.5. The first-order chi connectivity index (χ1) is 24.3. The molecule has 2 heterocycles. The number of halogens is 4. The van der Waals surface area contributed by atoms with Gasteiger partial charge in [-0.3, -0.25) is 0 Å². The molecule has 0 amide bonds. The van der Waals surface area contributed by atoms with Crippen LogP contribution in [0.1, 0.15) is 22.5 Å². The van der Waals surface area contributed by atoms with Crippen LogP contribution in [0.5, 0.6) is 23.0 Å². The van der Waals surface area contributed by atoms with Crippen LogP contribution in [0.4, 0.5) is 17.6 Å². The van der Waals surface area contributed by atoms with Crippen molar-refractivity contribution in [2.75, 3.05) is 0 Å². The number of hydrogen-bond donors (Lipinski definition) is 2. The third kappa shape index (κ3) is 10.1. The molecule has 2 aromatic heterocycles. The van der Waals surface area contributed by atoms with E-state index in [0.29, 0.717) is 34.3 Å². The molecule has 0 saturated heterocycles. The van der Waals surface area contributed by atoms with E-state index in [1.165, 1.54) is 24.7 Å². The number of oxazole rings is 2. The highest BCUT2D eigenvalue weighted by Crippen LogP contribution is 2.35. The van der Waals surface area contributed by atoms with Crippen LogP contribution < -0.4 is 30.4 Å². The van der Waals surface area contributed by atoms with Gasteiger partial charge in [0.1, 0.15) is 25.7 Å². The summed E-state index contributed by atoms with van der Waals surface area (Å²) >= 11 is 0. The van der Waals surface area contributed by atoms with Crippen molar-refractivity contribution in [3.63, 3.8) is 0 Å². The molecule has 0 aliphatic heterocycles. The predicted molar refractivity (Wildman–Crippen MR) is 174 cm³/mol. The van der Waals surface area contributed by atoms with Gasteiger partial charge in [0.15, 0.2) is 23.0 Å². The van der Waals surface area contributed by atoms with Crippen molar-refractivity contribution in [3.05, 3.63) is 132 Å². The second-order valence-electron chi connectivity index (χ2n) is 10.3. The standard InChI is InChI=1S/2C18H16F2N2O3/c2*19-18(20)25-15-7-6-13(17-22-14(9-21)11-24-17)8-16(15)23-10-12-4-2-1-3-5-12/h2*1-8,11,18H,9-10,21H2. The maximum atomic E-state index is 12.6. The molecular weight excluding hydrogens is 660 g/mol. The van der Waals surface area contributed by atoms with Gasteiger partial charge in [0.25, 0.3) is 0 Å². The summed E-state index contributed by atoms with van der Waals surface area (Å²) in [6, 6.07) is 27.8. The molecule has 0 unspecified atom stereocenters. The first-order valence-electron chi connectivity index (χ1n) is 15.1. The Hall–Kier alpha value is -5.86. The summed E-state index contributed by atoms with van der Waals surface area (Å²) in [5.41, 5.74) is 15.2. The Kier molecular flexibility index (Phi) is 12.4. The summed E-state index contributed by atoms with van der Waals surface area (Å²) in [6.45, 7) is -4.99. The fourth-order valence-electron chi connectivity index (χ4n) is 4.43. The van der Waals surface area contributed by atoms with Gasteiger partial charge in [0, 0.05) is 24.2 Å². The fraction of sp³-hybridized carbons (Fsp3) is 0.167. The minimum atomic E-state index is -2.95. The first-order valence-corrected chi connectivity index (χ1v) is 15.1. The fourth-order valence-corrected chi connectivity index (χ4v) is 4.43. The van der Waals surface area contributed by atoms with Crippen molar-refractivity contribution in [1.82, 2.24) is 9.97 Å². The molecule has 0 atom stereocenters. The zero-order valence-electron chi connectivity index (χ0n) is 26.4. The van der Waals surface area contributed by atoms with Gasteiger partial charge in [-0.15, -0.1) is 0 Å². The molecule has 260 valence electrons. The van der Waals surface area contributed by atoms with E-state index in [9.17, 15) is 17.6 Å². The van der Waals surface area contributed by atoms with Gasteiger partial charge in [-0.2, -0.15) is 17.6 Å². The molecule has 0 fully saturated rings. The molecule has 14 heteroatoms. The third-order valence-electron chi connectivity index (χ3n) is 6.81. The lowest BCUT2D eigenvalue weighted by atomic mass is 10.2. The Morgan fingerprint density at radius 3 is 1.28 bits per heavy atom. The van der Waals surface area contributed by atoms with Gasteiger partial charge >= 0.3 is 13.2 Å². The van der Waals surface area contributed by atoms with E-state index in [4.69, 9.17) is 29.8 Å². The van der Waals surface area contributed by atoms with E-state index >= 15 is 0 Å². The average Bonchev–Trinajstić information content (AvgIpc) is 3.82. The summed E-state index contributed by atoms with van der Waals surface area (Å²) in [5.74, 6) is 0.895. The van der Waals surface area contributed by atoms with E-state index in [1.807, 2.05) is 60.7 Å². The number of aromatic nitrogens is 2. The summed E-state index contributed by atoms with van der Waals surface area (Å²) < 4.78 is 81.5. The van der Waals surface area contributed by atoms with E-state index in [1.54, 1.807) is 24.3 Å². The number of nitrogens with two attached hydrogens (primary N) is 2. The van der Waals surface area contributed by atoms with Crippen molar-refractivity contribution in [3.8, 4) is 45.9 Å². The number of ether oxygens (including phenoxy) is 4. The normalized spacial score (nSPS) is 10.9. The highest BCUT2D eigenvalue weighted by Gasteiger charge is 2.17. The van der Waals surface area contributed by atoms with Crippen LogP contribution in [0.2, 0.25) is 0 Å². The van der Waals surface area contributed by atoms with Gasteiger partial charge in [-0.1, -0.05) is 60.7 Å².